The molecule has 14 heavy (non-hydrogen) atoms. The number of nitrogens with zero attached hydrogens (tertiary/aromatic N) is 3. The molecular weight excluding hydrogens is 182 g/mol. The number of amides is 1. The van der Waals surface area contributed by atoms with Crippen LogP contribution in [0.4, 0.5) is 0 Å². The van der Waals surface area contributed by atoms with Crippen molar-refractivity contribution in [3.05, 3.63) is 17.5 Å². The van der Waals surface area contributed by atoms with Gasteiger partial charge in [-0.15, -0.1) is 0 Å². The first-order valence-electron chi connectivity index (χ1n) is 4.20. The lowest BCUT2D eigenvalue weighted by atomic mass is 10.3. The molecule has 1 rings (SSSR count). The van der Waals surface area contributed by atoms with Gasteiger partial charge < -0.3 is 4.90 Å². The van der Waals surface area contributed by atoms with Crippen LogP contribution in [0.15, 0.2) is 6.07 Å². The van der Waals surface area contributed by atoms with Gasteiger partial charge in [-0.1, -0.05) is 0 Å². The van der Waals surface area contributed by atoms with Crippen LogP contribution >= 0.6 is 0 Å². The smallest absolute Gasteiger partial charge is 0.273 e. The van der Waals surface area contributed by atoms with Crippen molar-refractivity contribution >= 4 is 11.7 Å². The summed E-state index contributed by atoms with van der Waals surface area (Å²) in [6.45, 7) is 1.45. The summed E-state index contributed by atoms with van der Waals surface area (Å²) in [6.07, 6.45) is 0. The van der Waals surface area contributed by atoms with Crippen molar-refractivity contribution in [3.8, 4) is 0 Å². The van der Waals surface area contributed by atoms with Crippen LogP contribution in [0.1, 0.15) is 27.9 Å². The van der Waals surface area contributed by atoms with Crippen LogP contribution in [0.25, 0.3) is 0 Å². The minimum atomic E-state index is -0.201. The highest BCUT2D eigenvalue weighted by Gasteiger charge is 2.15. The maximum Gasteiger partial charge on any atom is 0.273 e. The molecule has 1 aromatic heterocycles. The Balaban J connectivity index is 3.09. The molecule has 0 fully saturated rings. The van der Waals surface area contributed by atoms with E-state index in [1.807, 2.05) is 0 Å². The second-order valence-corrected chi connectivity index (χ2v) is 3.29. The molecule has 0 aliphatic rings. The molecule has 0 aliphatic carbocycles. The number of Topliss-reactive ketones (excluding diaryl/α,β-unsaturated/α-hetero) is 1. The first kappa shape index (κ1) is 10.4. The molecule has 0 aromatic carbocycles. The van der Waals surface area contributed by atoms with Crippen molar-refractivity contribution in [2.75, 3.05) is 14.1 Å². The highest BCUT2D eigenvalue weighted by molar-refractivity contribution is 5.97. The second kappa shape index (κ2) is 3.61. The summed E-state index contributed by atoms with van der Waals surface area (Å²) in [5.74, 6) is -0.300. The van der Waals surface area contributed by atoms with Crippen molar-refractivity contribution in [2.24, 2.45) is 7.05 Å². The molecule has 0 N–H and O–H groups in total. The zero-order chi connectivity index (χ0) is 10.9. The summed E-state index contributed by atoms with van der Waals surface area (Å²) < 4.78 is 1.42. The van der Waals surface area contributed by atoms with Crippen molar-refractivity contribution in [1.29, 1.82) is 0 Å². The molecule has 1 aromatic rings. The average molecular weight is 195 g/mol. The zero-order valence-corrected chi connectivity index (χ0v) is 8.74. The lowest BCUT2D eigenvalue weighted by Crippen LogP contribution is -2.22. The molecule has 5 nitrogen and oxygen atoms in total. The van der Waals surface area contributed by atoms with Gasteiger partial charge in [0, 0.05) is 34.1 Å². The maximum atomic E-state index is 11.5. The molecule has 0 radical (unpaired) electrons. The molecule has 0 saturated heterocycles. The van der Waals surface area contributed by atoms with Crippen LogP contribution < -0.4 is 0 Å². The van der Waals surface area contributed by atoms with Gasteiger partial charge in [0.25, 0.3) is 5.91 Å². The van der Waals surface area contributed by atoms with Crippen molar-refractivity contribution in [3.63, 3.8) is 0 Å². The minimum Gasteiger partial charge on any atom is -0.343 e. The number of aromatic nitrogens is 2. The first-order chi connectivity index (χ1) is 6.43. The number of ketones is 1. The Bertz CT molecular complexity index is 379. The largest absolute Gasteiger partial charge is 0.343 e. The first-order valence-corrected chi connectivity index (χ1v) is 4.20. The van der Waals surface area contributed by atoms with Crippen LogP contribution in [0.5, 0.6) is 0 Å². The fourth-order valence-corrected chi connectivity index (χ4v) is 1.13. The monoisotopic (exact) mass is 195 g/mol. The predicted octanol–water partition coefficient (Wildman–Crippen LogP) is 0.324. The third-order valence-electron chi connectivity index (χ3n) is 1.87. The summed E-state index contributed by atoms with van der Waals surface area (Å²) in [5.41, 5.74) is 0.734. The van der Waals surface area contributed by atoms with E-state index in [1.165, 1.54) is 22.6 Å². The highest BCUT2D eigenvalue weighted by Crippen LogP contribution is 2.05. The van der Waals surface area contributed by atoms with Gasteiger partial charge in [-0.3, -0.25) is 14.3 Å². The lowest BCUT2D eigenvalue weighted by molar-refractivity contribution is 0.0821. The molecule has 0 aliphatic heterocycles. The number of rotatable bonds is 2. The summed E-state index contributed by atoms with van der Waals surface area (Å²) in [7, 11) is 4.93. The van der Waals surface area contributed by atoms with E-state index >= 15 is 0 Å². The van der Waals surface area contributed by atoms with Crippen molar-refractivity contribution in [2.45, 2.75) is 6.92 Å². The number of hydrogen-bond acceptors (Lipinski definition) is 3. The van der Waals surface area contributed by atoms with E-state index in [-0.39, 0.29) is 11.7 Å². The molecule has 1 heterocycles. The minimum absolute atomic E-state index is 0.0993. The van der Waals surface area contributed by atoms with E-state index in [0.717, 1.165) is 0 Å². The van der Waals surface area contributed by atoms with Crippen LogP contribution in [-0.4, -0.2) is 40.5 Å². The van der Waals surface area contributed by atoms with Gasteiger partial charge in [0.2, 0.25) is 0 Å². The number of hydrogen-bond donors (Lipinski definition) is 0. The fourth-order valence-electron chi connectivity index (χ4n) is 1.13. The van der Waals surface area contributed by atoms with Crippen LogP contribution in [0.2, 0.25) is 0 Å². The standard InChI is InChI=1S/C9H13N3O2/c1-6(13)8-5-7(10-12(8)4)9(14)11(2)3/h5H,1-4H3. The van der Waals surface area contributed by atoms with Gasteiger partial charge in [-0.2, -0.15) is 5.10 Å². The van der Waals surface area contributed by atoms with Crippen molar-refractivity contribution in [1.82, 2.24) is 14.7 Å². The van der Waals surface area contributed by atoms with E-state index in [9.17, 15) is 9.59 Å². The third kappa shape index (κ3) is 1.81. The molecule has 5 heteroatoms. The van der Waals surface area contributed by atoms with Gasteiger partial charge >= 0.3 is 0 Å². The number of carbonyl (C=O) groups excluding carboxylic acids is 2. The van der Waals surface area contributed by atoms with Crippen LogP contribution in [0, 0.1) is 0 Å². The molecule has 0 unspecified atom stereocenters. The van der Waals surface area contributed by atoms with E-state index in [0.29, 0.717) is 11.4 Å². The normalized spacial score (nSPS) is 10.0. The Morgan fingerprint density at radius 3 is 2.36 bits per heavy atom. The van der Waals surface area contributed by atoms with Gasteiger partial charge in [-0.05, 0) is 0 Å². The topological polar surface area (TPSA) is 55.2 Å². The Hall–Kier alpha value is -1.65. The summed E-state index contributed by atoms with van der Waals surface area (Å²) >= 11 is 0. The molecular formula is C9H13N3O2. The second-order valence-electron chi connectivity index (χ2n) is 3.29. The Morgan fingerprint density at radius 2 is 2.00 bits per heavy atom. The lowest BCUT2D eigenvalue weighted by Gasteiger charge is -2.06. The zero-order valence-electron chi connectivity index (χ0n) is 8.74. The number of carbonyl (C=O) groups is 2. The van der Waals surface area contributed by atoms with Gasteiger partial charge in [-0.25, -0.2) is 0 Å². The van der Waals surface area contributed by atoms with Gasteiger partial charge in [0.05, 0.1) is 0 Å². The molecule has 76 valence electrons. The molecule has 0 spiro atoms. The quantitative estimate of drug-likeness (QED) is 0.639. The van der Waals surface area contributed by atoms with Crippen molar-refractivity contribution < 1.29 is 9.59 Å². The molecule has 0 saturated carbocycles. The highest BCUT2D eigenvalue weighted by atomic mass is 16.2. The number of aryl methyl sites for hydroxylation is 1. The maximum absolute atomic E-state index is 11.5. The summed E-state index contributed by atoms with van der Waals surface area (Å²) in [5, 5.41) is 3.96. The SMILES string of the molecule is CC(=O)c1cc(C(=O)N(C)C)nn1C. The van der Waals surface area contributed by atoms with E-state index in [4.69, 9.17) is 0 Å². The van der Waals surface area contributed by atoms with E-state index in [2.05, 4.69) is 5.10 Å². The summed E-state index contributed by atoms with van der Waals surface area (Å²) in [6, 6.07) is 1.50. The molecule has 0 atom stereocenters. The third-order valence-corrected chi connectivity index (χ3v) is 1.87. The fraction of sp³-hybridized carbons (Fsp3) is 0.444. The Kier molecular flexibility index (Phi) is 2.69. The summed E-state index contributed by atoms with van der Waals surface area (Å²) in [4.78, 5) is 24.0. The predicted molar refractivity (Wildman–Crippen MR) is 51.2 cm³/mol. The van der Waals surface area contributed by atoms with E-state index in [1.54, 1.807) is 21.1 Å². The Labute approximate surface area is 82.3 Å². The Morgan fingerprint density at radius 1 is 1.43 bits per heavy atom. The van der Waals surface area contributed by atoms with Gasteiger partial charge in [0.1, 0.15) is 5.69 Å². The van der Waals surface area contributed by atoms with Crippen LogP contribution in [-0.2, 0) is 7.05 Å². The molecule has 0 bridgehead atoms. The van der Waals surface area contributed by atoms with E-state index < -0.39 is 0 Å². The molecule has 1 amide bonds. The average Bonchev–Trinajstić information content (AvgIpc) is 2.45. The van der Waals surface area contributed by atoms with Crippen LogP contribution in [0.3, 0.4) is 0 Å². The van der Waals surface area contributed by atoms with Gasteiger partial charge in [0.15, 0.2) is 11.5 Å².